The van der Waals surface area contributed by atoms with Gasteiger partial charge in [0.25, 0.3) is 0 Å². The number of carbonyl (C=O) groups is 1. The number of esters is 1. The van der Waals surface area contributed by atoms with E-state index in [1.54, 1.807) is 0 Å². The summed E-state index contributed by atoms with van der Waals surface area (Å²) in [7, 11) is 0. The fourth-order valence-corrected chi connectivity index (χ4v) is 1.89. The van der Waals surface area contributed by atoms with Crippen molar-refractivity contribution >= 4 is 11.7 Å². The maximum Gasteiger partial charge on any atom is 0.340 e. The monoisotopic (exact) mass is 237 g/mol. The van der Waals surface area contributed by atoms with Crippen LogP contribution in [0.3, 0.4) is 0 Å². The number of para-hydroxylation sites is 1. The molecule has 0 aromatic heterocycles. The van der Waals surface area contributed by atoms with Crippen LogP contribution in [0.1, 0.15) is 36.0 Å². The summed E-state index contributed by atoms with van der Waals surface area (Å²) in [6.07, 6.45) is 4.61. The first kappa shape index (κ1) is 11.9. The summed E-state index contributed by atoms with van der Waals surface area (Å²) in [6, 6.07) is 4.15. The second-order valence-electron chi connectivity index (χ2n) is 4.42. The van der Waals surface area contributed by atoms with Gasteiger partial charge in [0, 0.05) is 0 Å². The Morgan fingerprint density at radius 2 is 2.24 bits per heavy atom. The molecule has 0 radical (unpaired) electrons. The quantitative estimate of drug-likeness (QED) is 0.647. The highest BCUT2D eigenvalue weighted by molar-refractivity contribution is 5.95. The molecule has 1 saturated carbocycles. The number of carbonyl (C=O) groups excluding carboxylic acids is 1. The van der Waals surface area contributed by atoms with E-state index in [1.807, 2.05) is 0 Å². The summed E-state index contributed by atoms with van der Waals surface area (Å²) in [5, 5.41) is 0. The number of ether oxygens (including phenoxy) is 1. The van der Waals surface area contributed by atoms with E-state index in [9.17, 15) is 9.18 Å². The van der Waals surface area contributed by atoms with Crippen LogP contribution in [-0.2, 0) is 4.74 Å². The van der Waals surface area contributed by atoms with Gasteiger partial charge in [-0.25, -0.2) is 9.18 Å². The van der Waals surface area contributed by atoms with Crippen LogP contribution in [0.4, 0.5) is 10.1 Å². The standard InChI is InChI=1S/C13H16FNO2/c14-11-6-2-5-10(12(11)15)13(16)17-8-7-9-3-1-4-9/h2,5-6,9H,1,3-4,7-8,15H2. The van der Waals surface area contributed by atoms with Crippen molar-refractivity contribution in [2.45, 2.75) is 25.7 Å². The van der Waals surface area contributed by atoms with E-state index in [1.165, 1.54) is 37.5 Å². The molecule has 0 unspecified atom stereocenters. The Hall–Kier alpha value is -1.58. The number of anilines is 1. The Kier molecular flexibility index (Phi) is 3.61. The molecule has 0 aliphatic heterocycles. The summed E-state index contributed by atoms with van der Waals surface area (Å²) >= 11 is 0. The number of benzene rings is 1. The van der Waals surface area contributed by atoms with Crippen molar-refractivity contribution in [1.29, 1.82) is 0 Å². The highest BCUT2D eigenvalue weighted by Crippen LogP contribution is 2.29. The van der Waals surface area contributed by atoms with E-state index >= 15 is 0 Å². The molecule has 0 atom stereocenters. The van der Waals surface area contributed by atoms with Crippen LogP contribution in [0.15, 0.2) is 18.2 Å². The molecule has 1 aliphatic carbocycles. The molecule has 0 heterocycles. The molecule has 0 amide bonds. The Labute approximate surface area is 99.8 Å². The van der Waals surface area contributed by atoms with Crippen molar-refractivity contribution in [3.8, 4) is 0 Å². The predicted octanol–water partition coefficient (Wildman–Crippen LogP) is 2.75. The first-order valence-corrected chi connectivity index (χ1v) is 5.89. The smallest absolute Gasteiger partial charge is 0.340 e. The summed E-state index contributed by atoms with van der Waals surface area (Å²) in [6.45, 7) is 0.388. The van der Waals surface area contributed by atoms with Crippen LogP contribution in [0.25, 0.3) is 0 Å². The van der Waals surface area contributed by atoms with Gasteiger partial charge in [-0.3, -0.25) is 0 Å². The van der Waals surface area contributed by atoms with Crippen molar-refractivity contribution in [3.05, 3.63) is 29.6 Å². The normalized spacial score (nSPS) is 15.4. The molecule has 2 rings (SSSR count). The van der Waals surface area contributed by atoms with Gasteiger partial charge < -0.3 is 10.5 Å². The maximum absolute atomic E-state index is 13.1. The summed E-state index contributed by atoms with van der Waals surface area (Å²) < 4.78 is 18.2. The molecule has 2 N–H and O–H groups in total. The Morgan fingerprint density at radius 3 is 2.88 bits per heavy atom. The van der Waals surface area contributed by atoms with Crippen LogP contribution in [0.5, 0.6) is 0 Å². The number of nitrogens with two attached hydrogens (primary N) is 1. The first-order chi connectivity index (χ1) is 8.18. The lowest BCUT2D eigenvalue weighted by molar-refractivity contribution is 0.0465. The van der Waals surface area contributed by atoms with Crippen LogP contribution in [-0.4, -0.2) is 12.6 Å². The van der Waals surface area contributed by atoms with Crippen LogP contribution >= 0.6 is 0 Å². The lowest BCUT2D eigenvalue weighted by Gasteiger charge is -2.24. The number of rotatable bonds is 4. The number of hydrogen-bond acceptors (Lipinski definition) is 3. The van der Waals surface area contributed by atoms with Gasteiger partial charge in [-0.2, -0.15) is 0 Å². The zero-order valence-electron chi connectivity index (χ0n) is 9.62. The molecule has 0 spiro atoms. The van der Waals surface area contributed by atoms with Crippen molar-refractivity contribution < 1.29 is 13.9 Å². The summed E-state index contributed by atoms with van der Waals surface area (Å²) in [4.78, 5) is 11.6. The Bertz CT molecular complexity index is 416. The number of hydrogen-bond donors (Lipinski definition) is 1. The van der Waals surface area contributed by atoms with E-state index in [0.717, 1.165) is 6.42 Å². The third-order valence-electron chi connectivity index (χ3n) is 3.26. The van der Waals surface area contributed by atoms with Crippen LogP contribution < -0.4 is 5.73 Å². The van der Waals surface area contributed by atoms with Crippen molar-refractivity contribution in [1.82, 2.24) is 0 Å². The topological polar surface area (TPSA) is 52.3 Å². The highest BCUT2D eigenvalue weighted by atomic mass is 19.1. The average molecular weight is 237 g/mol. The fraction of sp³-hybridized carbons (Fsp3) is 0.462. The number of nitrogen functional groups attached to an aromatic ring is 1. The van der Waals surface area contributed by atoms with E-state index in [-0.39, 0.29) is 11.3 Å². The molecule has 3 nitrogen and oxygen atoms in total. The van der Waals surface area contributed by atoms with Gasteiger partial charge in [-0.1, -0.05) is 25.3 Å². The summed E-state index contributed by atoms with van der Waals surface area (Å²) in [5.41, 5.74) is 5.45. The lowest BCUT2D eigenvalue weighted by Crippen LogP contribution is -2.16. The molecule has 0 saturated heterocycles. The lowest BCUT2D eigenvalue weighted by atomic mass is 9.83. The van der Waals surface area contributed by atoms with E-state index < -0.39 is 11.8 Å². The number of halogens is 1. The van der Waals surface area contributed by atoms with Gasteiger partial charge in [0.15, 0.2) is 0 Å². The van der Waals surface area contributed by atoms with Gasteiger partial charge in [-0.05, 0) is 24.5 Å². The van der Waals surface area contributed by atoms with Crippen molar-refractivity contribution in [2.24, 2.45) is 5.92 Å². The molecule has 1 aliphatic rings. The zero-order valence-corrected chi connectivity index (χ0v) is 9.62. The Morgan fingerprint density at radius 1 is 1.47 bits per heavy atom. The van der Waals surface area contributed by atoms with Crippen LogP contribution in [0, 0.1) is 11.7 Å². The van der Waals surface area contributed by atoms with E-state index in [4.69, 9.17) is 10.5 Å². The van der Waals surface area contributed by atoms with Gasteiger partial charge >= 0.3 is 5.97 Å². The van der Waals surface area contributed by atoms with Gasteiger partial charge in [0.05, 0.1) is 17.9 Å². The molecule has 92 valence electrons. The minimum absolute atomic E-state index is 0.110. The van der Waals surface area contributed by atoms with E-state index in [0.29, 0.717) is 12.5 Å². The third-order valence-corrected chi connectivity index (χ3v) is 3.26. The molecular weight excluding hydrogens is 221 g/mol. The van der Waals surface area contributed by atoms with Crippen molar-refractivity contribution in [3.63, 3.8) is 0 Å². The van der Waals surface area contributed by atoms with Gasteiger partial charge in [0.1, 0.15) is 5.82 Å². The second-order valence-corrected chi connectivity index (χ2v) is 4.42. The molecule has 4 heteroatoms. The SMILES string of the molecule is Nc1c(F)cccc1C(=O)OCCC1CCC1. The van der Waals surface area contributed by atoms with Crippen LogP contribution in [0.2, 0.25) is 0 Å². The maximum atomic E-state index is 13.1. The third kappa shape index (κ3) is 2.75. The molecule has 17 heavy (non-hydrogen) atoms. The molecule has 1 aromatic carbocycles. The average Bonchev–Trinajstić information content (AvgIpc) is 2.25. The minimum atomic E-state index is -0.585. The molecule has 0 bridgehead atoms. The second kappa shape index (κ2) is 5.17. The Balaban J connectivity index is 1.87. The van der Waals surface area contributed by atoms with Crippen molar-refractivity contribution in [2.75, 3.05) is 12.3 Å². The van der Waals surface area contributed by atoms with Gasteiger partial charge in [0.2, 0.25) is 0 Å². The molecule has 1 fully saturated rings. The first-order valence-electron chi connectivity index (χ1n) is 5.89. The molecule has 1 aromatic rings. The zero-order chi connectivity index (χ0) is 12.3. The highest BCUT2D eigenvalue weighted by Gasteiger charge is 2.18. The van der Waals surface area contributed by atoms with E-state index in [2.05, 4.69) is 0 Å². The largest absolute Gasteiger partial charge is 0.462 e. The fourth-order valence-electron chi connectivity index (χ4n) is 1.89. The van der Waals surface area contributed by atoms with Gasteiger partial charge in [-0.15, -0.1) is 0 Å². The summed E-state index contributed by atoms with van der Waals surface area (Å²) in [5.74, 6) is -0.438. The molecular formula is C13H16FNO2. The minimum Gasteiger partial charge on any atom is -0.462 e. The predicted molar refractivity (Wildman–Crippen MR) is 63.1 cm³/mol.